The summed E-state index contributed by atoms with van der Waals surface area (Å²) >= 11 is 0. The van der Waals surface area contributed by atoms with E-state index in [1.165, 1.54) is 16.2 Å². The molecule has 0 saturated carbocycles. The van der Waals surface area contributed by atoms with Crippen LogP contribution in [-0.2, 0) is 7.05 Å². The number of piperidine rings is 1. The van der Waals surface area contributed by atoms with Gasteiger partial charge in [0.15, 0.2) is 0 Å². The van der Waals surface area contributed by atoms with Crippen LogP contribution in [0.4, 0.5) is 0 Å². The second kappa shape index (κ2) is 5.37. The molecule has 1 N–H and O–H groups in total. The maximum absolute atomic E-state index is 12.8. The van der Waals surface area contributed by atoms with Gasteiger partial charge in [-0.15, -0.1) is 0 Å². The molecule has 0 radical (unpaired) electrons. The van der Waals surface area contributed by atoms with Gasteiger partial charge in [0.1, 0.15) is 11.1 Å². The van der Waals surface area contributed by atoms with Crippen molar-refractivity contribution >= 4 is 10.9 Å². The third-order valence-corrected chi connectivity index (χ3v) is 4.19. The zero-order valence-corrected chi connectivity index (χ0v) is 12.3. The van der Waals surface area contributed by atoms with Crippen LogP contribution in [0, 0.1) is 0 Å². The van der Waals surface area contributed by atoms with Gasteiger partial charge in [-0.05, 0) is 38.1 Å². The zero-order valence-electron chi connectivity index (χ0n) is 12.3. The molecule has 0 bridgehead atoms. The Bertz CT molecular complexity index is 785. The van der Waals surface area contributed by atoms with Gasteiger partial charge >= 0.3 is 5.69 Å². The van der Waals surface area contributed by atoms with Crippen LogP contribution in [0.25, 0.3) is 10.9 Å². The summed E-state index contributed by atoms with van der Waals surface area (Å²) in [5.74, 6) is 0.510. The number of aromatic nitrogens is 2. The highest BCUT2D eigenvalue weighted by atomic mass is 16.5. The van der Waals surface area contributed by atoms with E-state index in [9.17, 15) is 9.59 Å². The highest BCUT2D eigenvalue weighted by molar-refractivity contribution is 5.84. The standard InChI is InChI=1S/C15H19N3O3/c1-17-11-4-3-5-12(21-2)13(11)14(19)18(15(17)20)10-6-8-16-9-7-10/h3-5,10,16H,6-9H2,1-2H3. The number of ether oxygens (including phenoxy) is 1. The first-order valence-corrected chi connectivity index (χ1v) is 7.14. The first-order chi connectivity index (χ1) is 10.1. The van der Waals surface area contributed by atoms with E-state index in [-0.39, 0.29) is 17.3 Å². The fourth-order valence-electron chi connectivity index (χ4n) is 3.04. The van der Waals surface area contributed by atoms with Crippen LogP contribution in [0.1, 0.15) is 18.9 Å². The van der Waals surface area contributed by atoms with Crippen molar-refractivity contribution in [2.45, 2.75) is 18.9 Å². The molecule has 0 aliphatic carbocycles. The summed E-state index contributed by atoms with van der Waals surface area (Å²) in [5, 5.41) is 3.72. The Morgan fingerprint density at radius 3 is 2.62 bits per heavy atom. The number of rotatable bonds is 2. The fourth-order valence-corrected chi connectivity index (χ4v) is 3.04. The topological polar surface area (TPSA) is 65.3 Å². The van der Waals surface area contributed by atoms with E-state index in [2.05, 4.69) is 5.32 Å². The van der Waals surface area contributed by atoms with Gasteiger partial charge in [0.05, 0.1) is 12.6 Å². The molecule has 1 aromatic heterocycles. The highest BCUT2D eigenvalue weighted by Crippen LogP contribution is 2.22. The average molecular weight is 289 g/mol. The first kappa shape index (κ1) is 13.9. The number of hydrogen-bond donors (Lipinski definition) is 1. The van der Waals surface area contributed by atoms with E-state index in [1.54, 1.807) is 25.2 Å². The predicted octanol–water partition coefficient (Wildman–Crippen LogP) is 0.633. The van der Waals surface area contributed by atoms with E-state index in [4.69, 9.17) is 4.74 Å². The largest absolute Gasteiger partial charge is 0.496 e. The molecule has 1 fully saturated rings. The summed E-state index contributed by atoms with van der Waals surface area (Å²) in [6.07, 6.45) is 1.58. The maximum atomic E-state index is 12.8. The predicted molar refractivity (Wildman–Crippen MR) is 81.1 cm³/mol. The van der Waals surface area contributed by atoms with E-state index >= 15 is 0 Å². The van der Waals surface area contributed by atoms with Crippen LogP contribution >= 0.6 is 0 Å². The molecule has 0 spiro atoms. The van der Waals surface area contributed by atoms with Crippen LogP contribution < -0.4 is 21.3 Å². The Kier molecular flexibility index (Phi) is 3.55. The van der Waals surface area contributed by atoms with E-state index in [0.29, 0.717) is 16.7 Å². The molecule has 21 heavy (non-hydrogen) atoms. The summed E-state index contributed by atoms with van der Waals surface area (Å²) in [7, 11) is 3.23. The smallest absolute Gasteiger partial charge is 0.331 e. The van der Waals surface area contributed by atoms with Gasteiger partial charge in [0.25, 0.3) is 5.56 Å². The van der Waals surface area contributed by atoms with Crippen molar-refractivity contribution in [3.05, 3.63) is 39.0 Å². The Morgan fingerprint density at radius 2 is 1.95 bits per heavy atom. The molecule has 1 aliphatic heterocycles. The van der Waals surface area contributed by atoms with Crippen molar-refractivity contribution < 1.29 is 4.74 Å². The number of aryl methyl sites for hydroxylation is 1. The number of nitrogens with zero attached hydrogens (tertiary/aromatic N) is 2. The Morgan fingerprint density at radius 1 is 1.24 bits per heavy atom. The molecule has 6 heteroatoms. The van der Waals surface area contributed by atoms with E-state index in [1.807, 2.05) is 0 Å². The Hall–Kier alpha value is -2.08. The minimum Gasteiger partial charge on any atom is -0.496 e. The Balaban J connectivity index is 2.35. The molecule has 1 aliphatic rings. The number of benzene rings is 1. The molecule has 2 heterocycles. The van der Waals surface area contributed by atoms with Crippen LogP contribution in [0.2, 0.25) is 0 Å². The quantitative estimate of drug-likeness (QED) is 0.881. The normalized spacial score (nSPS) is 16.3. The Labute approximate surface area is 122 Å². The fraction of sp³-hybridized carbons (Fsp3) is 0.467. The van der Waals surface area contributed by atoms with Crippen LogP contribution in [0.3, 0.4) is 0 Å². The number of nitrogens with one attached hydrogen (secondary N) is 1. The monoisotopic (exact) mass is 289 g/mol. The molecule has 1 aromatic carbocycles. The summed E-state index contributed by atoms with van der Waals surface area (Å²) in [4.78, 5) is 25.4. The van der Waals surface area contributed by atoms with E-state index in [0.717, 1.165) is 25.9 Å². The third kappa shape index (κ3) is 2.15. The number of hydrogen-bond acceptors (Lipinski definition) is 4. The van der Waals surface area contributed by atoms with Gasteiger partial charge in [-0.1, -0.05) is 6.07 Å². The van der Waals surface area contributed by atoms with Crippen molar-refractivity contribution in [1.82, 2.24) is 14.5 Å². The van der Waals surface area contributed by atoms with Gasteiger partial charge in [-0.3, -0.25) is 13.9 Å². The van der Waals surface area contributed by atoms with Crippen LogP contribution in [0.5, 0.6) is 5.75 Å². The molecular formula is C15H19N3O3. The van der Waals surface area contributed by atoms with Crippen molar-refractivity contribution in [2.75, 3.05) is 20.2 Å². The van der Waals surface area contributed by atoms with E-state index < -0.39 is 0 Å². The lowest BCUT2D eigenvalue weighted by Crippen LogP contribution is -2.44. The molecule has 3 rings (SSSR count). The number of fused-ring (bicyclic) bond motifs is 1. The lowest BCUT2D eigenvalue weighted by Gasteiger charge is -2.25. The van der Waals surface area contributed by atoms with Gasteiger partial charge < -0.3 is 10.1 Å². The molecule has 112 valence electrons. The molecule has 0 unspecified atom stereocenters. The van der Waals surface area contributed by atoms with Crippen LogP contribution in [0.15, 0.2) is 27.8 Å². The number of methoxy groups -OCH3 is 1. The first-order valence-electron chi connectivity index (χ1n) is 7.14. The second-order valence-electron chi connectivity index (χ2n) is 5.35. The van der Waals surface area contributed by atoms with Crippen molar-refractivity contribution in [2.24, 2.45) is 7.05 Å². The summed E-state index contributed by atoms with van der Waals surface area (Å²) < 4.78 is 8.23. The van der Waals surface area contributed by atoms with Crippen molar-refractivity contribution in [1.29, 1.82) is 0 Å². The molecule has 1 saturated heterocycles. The van der Waals surface area contributed by atoms with Crippen molar-refractivity contribution in [3.8, 4) is 5.75 Å². The minimum atomic E-state index is -0.257. The molecule has 0 amide bonds. The lowest BCUT2D eigenvalue weighted by molar-refractivity contribution is 0.347. The summed E-state index contributed by atoms with van der Waals surface area (Å²) in [5.41, 5.74) is 0.0969. The molecular weight excluding hydrogens is 270 g/mol. The maximum Gasteiger partial charge on any atom is 0.331 e. The van der Waals surface area contributed by atoms with Crippen LogP contribution in [-0.4, -0.2) is 29.3 Å². The minimum absolute atomic E-state index is 0.0493. The molecule has 6 nitrogen and oxygen atoms in total. The molecule has 2 aromatic rings. The third-order valence-electron chi connectivity index (χ3n) is 4.19. The van der Waals surface area contributed by atoms with Gasteiger partial charge in [-0.25, -0.2) is 4.79 Å². The van der Waals surface area contributed by atoms with Crippen molar-refractivity contribution in [3.63, 3.8) is 0 Å². The second-order valence-corrected chi connectivity index (χ2v) is 5.35. The van der Waals surface area contributed by atoms with Gasteiger partial charge in [0, 0.05) is 13.1 Å². The van der Waals surface area contributed by atoms with Gasteiger partial charge in [-0.2, -0.15) is 0 Å². The lowest BCUT2D eigenvalue weighted by atomic mass is 10.1. The summed E-state index contributed by atoms with van der Waals surface area (Å²) in [6.45, 7) is 1.65. The zero-order chi connectivity index (χ0) is 15.0. The molecule has 0 atom stereocenters. The average Bonchev–Trinajstić information content (AvgIpc) is 2.53. The van der Waals surface area contributed by atoms with Gasteiger partial charge in [0.2, 0.25) is 0 Å². The SMILES string of the molecule is COc1cccc2c1c(=O)n(C1CCNCC1)c(=O)n2C. The highest BCUT2D eigenvalue weighted by Gasteiger charge is 2.22. The summed E-state index contributed by atoms with van der Waals surface area (Å²) in [6, 6.07) is 5.26.